The maximum atomic E-state index is 11.0. The summed E-state index contributed by atoms with van der Waals surface area (Å²) in [5.41, 5.74) is 0. The Kier molecular flexibility index (Phi) is 1.17. The van der Waals surface area contributed by atoms with Crippen LogP contribution in [0.3, 0.4) is 0 Å². The summed E-state index contributed by atoms with van der Waals surface area (Å²) in [5, 5.41) is 0. The van der Waals surface area contributed by atoms with Crippen LogP contribution in [0.4, 0.5) is 0 Å². The molecule has 3 rings (SSSR count). The van der Waals surface area contributed by atoms with Gasteiger partial charge in [0.1, 0.15) is 0 Å². The average Bonchev–Trinajstić information content (AvgIpc) is 1.90. The van der Waals surface area contributed by atoms with E-state index >= 15 is 0 Å². The highest BCUT2D eigenvalue weighted by Gasteiger charge is 2.40. The van der Waals surface area contributed by atoms with Crippen molar-refractivity contribution in [1.82, 2.24) is 0 Å². The largest absolute Gasteiger partial charge is 0.474 e. The molecule has 0 radical (unpaired) electrons. The van der Waals surface area contributed by atoms with Crippen LogP contribution in [-0.4, -0.2) is 19.8 Å². The number of phosphoric acid groups is 1. The van der Waals surface area contributed by atoms with Crippen LogP contribution in [0.5, 0.6) is 0 Å². The van der Waals surface area contributed by atoms with Crippen LogP contribution < -0.4 is 0 Å². The third-order valence-electron chi connectivity index (χ3n) is 1.41. The summed E-state index contributed by atoms with van der Waals surface area (Å²) in [5.74, 6) is 0.292. The van der Waals surface area contributed by atoms with E-state index in [1.54, 1.807) is 0 Å². The standard InChI is InChI=1S/C4H7O4P/c5-9-6-1-4(2-7-9)3-8-9/h4H,1-3H2. The molecular weight excluding hydrogens is 143 g/mol. The number of fused-ring (bicyclic) bond motifs is 3. The van der Waals surface area contributed by atoms with Crippen LogP contribution in [0.25, 0.3) is 0 Å². The van der Waals surface area contributed by atoms with Gasteiger partial charge in [0.25, 0.3) is 0 Å². The first-order valence-electron chi connectivity index (χ1n) is 2.82. The van der Waals surface area contributed by atoms with Crippen LogP contribution >= 0.6 is 7.82 Å². The van der Waals surface area contributed by atoms with Crippen LogP contribution in [0.15, 0.2) is 0 Å². The highest BCUT2D eigenvalue weighted by molar-refractivity contribution is 7.48. The summed E-state index contributed by atoms with van der Waals surface area (Å²) in [6, 6.07) is 0. The summed E-state index contributed by atoms with van der Waals surface area (Å²) in [6.45, 7) is 1.58. The lowest BCUT2D eigenvalue weighted by Crippen LogP contribution is -2.31. The molecule has 0 aromatic rings. The Balaban J connectivity index is 2.20. The van der Waals surface area contributed by atoms with Crippen LogP contribution in [-0.2, 0) is 18.1 Å². The lowest BCUT2D eigenvalue weighted by molar-refractivity contribution is -0.0306. The quantitative estimate of drug-likeness (QED) is 0.479. The number of phosphoric ester groups is 1. The van der Waals surface area contributed by atoms with Gasteiger partial charge in [0.15, 0.2) is 0 Å². The minimum Gasteiger partial charge on any atom is -0.286 e. The van der Waals surface area contributed by atoms with E-state index in [4.69, 9.17) is 13.6 Å². The second kappa shape index (κ2) is 1.80. The topological polar surface area (TPSA) is 44.8 Å². The SMILES string of the molecule is O=P12OCC(CO1)CO2. The minimum atomic E-state index is -3.03. The zero-order chi connectivity index (χ0) is 6.32. The van der Waals surface area contributed by atoms with E-state index in [2.05, 4.69) is 0 Å². The Morgan fingerprint density at radius 1 is 1.11 bits per heavy atom. The van der Waals surface area contributed by atoms with E-state index in [0.717, 1.165) is 0 Å². The van der Waals surface area contributed by atoms with Gasteiger partial charge in [-0.05, 0) is 0 Å². The van der Waals surface area contributed by atoms with Gasteiger partial charge in [0.2, 0.25) is 0 Å². The van der Waals surface area contributed by atoms with Gasteiger partial charge >= 0.3 is 7.82 Å². The molecule has 0 atom stereocenters. The first kappa shape index (κ1) is 5.86. The molecule has 0 unspecified atom stereocenters. The van der Waals surface area contributed by atoms with E-state index in [9.17, 15) is 4.57 Å². The Hall–Kier alpha value is 0.110. The monoisotopic (exact) mass is 150 g/mol. The number of hydrogen-bond donors (Lipinski definition) is 0. The van der Waals surface area contributed by atoms with Gasteiger partial charge in [-0.2, -0.15) is 0 Å². The molecule has 52 valence electrons. The van der Waals surface area contributed by atoms with Crippen molar-refractivity contribution < 1.29 is 18.1 Å². The summed E-state index contributed by atoms with van der Waals surface area (Å²) >= 11 is 0. The third kappa shape index (κ3) is 0.923. The second-order valence-corrected chi connectivity index (χ2v) is 3.87. The third-order valence-corrected chi connectivity index (χ3v) is 2.80. The lowest BCUT2D eigenvalue weighted by atomic mass is 10.2. The van der Waals surface area contributed by atoms with E-state index in [-0.39, 0.29) is 0 Å². The van der Waals surface area contributed by atoms with Crippen molar-refractivity contribution >= 4 is 7.82 Å². The molecule has 3 fully saturated rings. The second-order valence-electron chi connectivity index (χ2n) is 2.20. The van der Waals surface area contributed by atoms with Crippen LogP contribution in [0.2, 0.25) is 0 Å². The molecule has 9 heavy (non-hydrogen) atoms. The molecule has 0 saturated carbocycles. The maximum Gasteiger partial charge on any atom is 0.474 e. The minimum absolute atomic E-state index is 0.292. The first-order valence-corrected chi connectivity index (χ1v) is 4.28. The van der Waals surface area contributed by atoms with Gasteiger partial charge in [0.05, 0.1) is 19.8 Å². The first-order chi connectivity index (χ1) is 4.29. The fraction of sp³-hybridized carbons (Fsp3) is 1.00. The Morgan fingerprint density at radius 2 is 1.56 bits per heavy atom. The molecule has 3 saturated heterocycles. The van der Waals surface area contributed by atoms with E-state index < -0.39 is 7.82 Å². The zero-order valence-corrected chi connectivity index (χ0v) is 5.67. The Bertz CT molecular complexity index is 139. The van der Waals surface area contributed by atoms with Gasteiger partial charge in [-0.25, -0.2) is 4.57 Å². The van der Waals surface area contributed by atoms with Gasteiger partial charge in [-0.1, -0.05) is 0 Å². The Labute approximate surface area is 52.7 Å². The normalized spacial score (nSPS) is 49.6. The summed E-state index contributed by atoms with van der Waals surface area (Å²) in [6.07, 6.45) is 0. The van der Waals surface area contributed by atoms with Crippen molar-refractivity contribution in [3.05, 3.63) is 0 Å². The summed E-state index contributed by atoms with van der Waals surface area (Å²) in [7, 11) is -3.03. The molecule has 0 N–H and O–H groups in total. The molecule has 3 aliphatic heterocycles. The summed E-state index contributed by atoms with van der Waals surface area (Å²) in [4.78, 5) is 0. The molecule has 0 amide bonds. The van der Waals surface area contributed by atoms with E-state index in [1.165, 1.54) is 0 Å². The maximum absolute atomic E-state index is 11.0. The number of hydrogen-bond acceptors (Lipinski definition) is 4. The van der Waals surface area contributed by atoms with Gasteiger partial charge < -0.3 is 0 Å². The molecule has 2 bridgehead atoms. The van der Waals surface area contributed by atoms with Crippen molar-refractivity contribution in [2.45, 2.75) is 0 Å². The predicted octanol–water partition coefficient (Wildman–Crippen LogP) is 0.788. The molecule has 3 aliphatic rings. The molecule has 0 spiro atoms. The molecule has 5 heteroatoms. The molecular formula is C4H7O4P. The fourth-order valence-corrected chi connectivity index (χ4v) is 2.25. The van der Waals surface area contributed by atoms with Crippen molar-refractivity contribution in [1.29, 1.82) is 0 Å². The smallest absolute Gasteiger partial charge is 0.286 e. The Morgan fingerprint density at radius 3 is 1.78 bits per heavy atom. The molecule has 0 aromatic carbocycles. The van der Waals surface area contributed by atoms with Crippen LogP contribution in [0, 0.1) is 5.92 Å². The molecule has 4 nitrogen and oxygen atoms in total. The van der Waals surface area contributed by atoms with E-state index in [0.29, 0.717) is 25.7 Å². The van der Waals surface area contributed by atoms with Gasteiger partial charge in [0, 0.05) is 5.92 Å². The van der Waals surface area contributed by atoms with Crippen molar-refractivity contribution in [2.75, 3.05) is 19.8 Å². The fourth-order valence-electron chi connectivity index (χ4n) is 0.846. The van der Waals surface area contributed by atoms with E-state index in [1.807, 2.05) is 0 Å². The van der Waals surface area contributed by atoms with Crippen molar-refractivity contribution in [3.63, 3.8) is 0 Å². The molecule has 0 aromatic heterocycles. The van der Waals surface area contributed by atoms with Gasteiger partial charge in [-0.3, -0.25) is 13.6 Å². The lowest BCUT2D eigenvalue weighted by Gasteiger charge is -2.33. The predicted molar refractivity (Wildman–Crippen MR) is 29.0 cm³/mol. The van der Waals surface area contributed by atoms with Crippen LogP contribution in [0.1, 0.15) is 0 Å². The van der Waals surface area contributed by atoms with Crippen molar-refractivity contribution in [3.8, 4) is 0 Å². The average molecular weight is 150 g/mol. The zero-order valence-electron chi connectivity index (χ0n) is 4.78. The highest BCUT2D eigenvalue weighted by Crippen LogP contribution is 2.56. The van der Waals surface area contributed by atoms with Gasteiger partial charge in [-0.15, -0.1) is 0 Å². The summed E-state index contributed by atoms with van der Waals surface area (Å²) < 4.78 is 25.3. The van der Waals surface area contributed by atoms with Crippen molar-refractivity contribution in [2.24, 2.45) is 5.92 Å². The molecule has 0 aliphatic carbocycles. The highest BCUT2D eigenvalue weighted by atomic mass is 31.2. The molecule has 3 heterocycles. The number of rotatable bonds is 0.